The second-order valence-electron chi connectivity index (χ2n) is 4.19. The van der Waals surface area contributed by atoms with Crippen LogP contribution in [0.3, 0.4) is 0 Å². The molecule has 0 saturated carbocycles. The van der Waals surface area contributed by atoms with E-state index in [1.807, 2.05) is 18.7 Å². The summed E-state index contributed by atoms with van der Waals surface area (Å²) in [5.74, 6) is 1.96. The van der Waals surface area contributed by atoms with Crippen molar-refractivity contribution in [2.24, 2.45) is 0 Å². The highest BCUT2D eigenvalue weighted by molar-refractivity contribution is 5.75. The van der Waals surface area contributed by atoms with E-state index in [4.69, 9.17) is 4.52 Å². The summed E-state index contributed by atoms with van der Waals surface area (Å²) in [6.45, 7) is 5.33. The lowest BCUT2D eigenvalue weighted by Crippen LogP contribution is -2.37. The molecule has 0 unspecified atom stereocenters. The largest absolute Gasteiger partial charge is 0.343 e. The Morgan fingerprint density at radius 2 is 2.19 bits per heavy atom. The summed E-state index contributed by atoms with van der Waals surface area (Å²) in [4.78, 5) is 17.6. The Morgan fingerprint density at radius 3 is 2.69 bits per heavy atom. The lowest BCUT2D eigenvalue weighted by molar-refractivity contribution is -0.131. The summed E-state index contributed by atoms with van der Waals surface area (Å²) in [6, 6.07) is 0. The van der Waals surface area contributed by atoms with Gasteiger partial charge in [0, 0.05) is 25.4 Å². The zero-order valence-electron chi connectivity index (χ0n) is 9.77. The molecule has 0 aromatic carbocycles. The number of hydrogen-bond donors (Lipinski definition) is 0. The summed E-state index contributed by atoms with van der Waals surface area (Å²) in [5.41, 5.74) is 0. The van der Waals surface area contributed by atoms with Crippen LogP contribution in [0, 0.1) is 6.92 Å². The van der Waals surface area contributed by atoms with Gasteiger partial charge in [-0.3, -0.25) is 4.79 Å². The number of rotatable bonds is 2. The van der Waals surface area contributed by atoms with Crippen LogP contribution in [0.5, 0.6) is 0 Å². The zero-order valence-corrected chi connectivity index (χ0v) is 9.77. The highest BCUT2D eigenvalue weighted by Gasteiger charge is 2.26. The molecule has 1 aliphatic rings. The number of nitrogens with zero attached hydrogens (tertiary/aromatic N) is 3. The van der Waals surface area contributed by atoms with Crippen molar-refractivity contribution < 1.29 is 9.32 Å². The quantitative estimate of drug-likeness (QED) is 0.762. The predicted octanol–water partition coefficient (Wildman–Crippen LogP) is 1.49. The Kier molecular flexibility index (Phi) is 3.22. The van der Waals surface area contributed by atoms with E-state index in [9.17, 15) is 4.79 Å². The fourth-order valence-corrected chi connectivity index (χ4v) is 2.08. The number of carbonyl (C=O) groups excluding carboxylic acids is 1. The lowest BCUT2D eigenvalue weighted by Gasteiger charge is -2.30. The van der Waals surface area contributed by atoms with E-state index in [1.165, 1.54) is 0 Å². The van der Waals surface area contributed by atoms with Crippen molar-refractivity contribution in [2.75, 3.05) is 13.1 Å². The van der Waals surface area contributed by atoms with Crippen LogP contribution in [-0.4, -0.2) is 34.0 Å². The Labute approximate surface area is 94.8 Å². The van der Waals surface area contributed by atoms with Gasteiger partial charge < -0.3 is 9.42 Å². The Morgan fingerprint density at radius 1 is 1.50 bits per heavy atom. The molecule has 0 spiro atoms. The Balaban J connectivity index is 1.92. The number of hydrogen-bond acceptors (Lipinski definition) is 4. The number of piperidine rings is 1. The Hall–Kier alpha value is -1.39. The first-order valence-electron chi connectivity index (χ1n) is 5.78. The van der Waals surface area contributed by atoms with Gasteiger partial charge >= 0.3 is 0 Å². The van der Waals surface area contributed by atoms with E-state index < -0.39 is 0 Å². The van der Waals surface area contributed by atoms with Crippen molar-refractivity contribution in [3.8, 4) is 0 Å². The highest BCUT2D eigenvalue weighted by Crippen LogP contribution is 2.26. The summed E-state index contributed by atoms with van der Waals surface area (Å²) in [6.07, 6.45) is 2.44. The first-order valence-corrected chi connectivity index (χ1v) is 5.78. The Bertz CT molecular complexity index is 367. The smallest absolute Gasteiger partial charge is 0.229 e. The maximum atomic E-state index is 11.5. The van der Waals surface area contributed by atoms with Gasteiger partial charge in [0.15, 0.2) is 5.82 Å². The molecule has 0 atom stereocenters. The number of carbonyl (C=O) groups is 1. The number of likely N-dealkylation sites (tertiary alicyclic amines) is 1. The molecule has 1 aromatic heterocycles. The van der Waals surface area contributed by atoms with Crippen molar-refractivity contribution >= 4 is 5.91 Å². The van der Waals surface area contributed by atoms with Crippen LogP contribution in [-0.2, 0) is 4.79 Å². The third-order valence-electron chi connectivity index (χ3n) is 3.04. The molecule has 1 amide bonds. The standard InChI is InChI=1S/C11H17N3O2/c1-3-10(15)14-6-4-9(5-7-14)11-12-8(2)13-16-11/h9H,3-7H2,1-2H3. The van der Waals surface area contributed by atoms with E-state index in [2.05, 4.69) is 10.1 Å². The topological polar surface area (TPSA) is 59.2 Å². The average Bonchev–Trinajstić information content (AvgIpc) is 2.75. The SMILES string of the molecule is CCC(=O)N1CCC(c2nc(C)no2)CC1. The van der Waals surface area contributed by atoms with Gasteiger partial charge in [0.05, 0.1) is 0 Å². The molecule has 0 radical (unpaired) electrons. The molecule has 1 fully saturated rings. The van der Waals surface area contributed by atoms with Crippen LogP contribution in [0.15, 0.2) is 4.52 Å². The molecular formula is C11H17N3O2. The van der Waals surface area contributed by atoms with Gasteiger partial charge in [0.25, 0.3) is 0 Å². The maximum absolute atomic E-state index is 11.5. The molecule has 16 heavy (non-hydrogen) atoms. The molecule has 2 heterocycles. The predicted molar refractivity (Wildman–Crippen MR) is 57.9 cm³/mol. The van der Waals surface area contributed by atoms with Crippen LogP contribution >= 0.6 is 0 Å². The van der Waals surface area contributed by atoms with Gasteiger partial charge in [-0.05, 0) is 19.8 Å². The molecule has 88 valence electrons. The van der Waals surface area contributed by atoms with Gasteiger partial charge in [0.1, 0.15) is 0 Å². The first kappa shape index (κ1) is 11.1. The van der Waals surface area contributed by atoms with Gasteiger partial charge in [-0.15, -0.1) is 0 Å². The molecule has 0 aliphatic carbocycles. The normalized spacial score (nSPS) is 17.8. The molecule has 1 aromatic rings. The third-order valence-corrected chi connectivity index (χ3v) is 3.04. The second kappa shape index (κ2) is 4.63. The lowest BCUT2D eigenvalue weighted by atomic mass is 9.96. The van der Waals surface area contributed by atoms with E-state index in [0.717, 1.165) is 31.8 Å². The fourth-order valence-electron chi connectivity index (χ4n) is 2.08. The monoisotopic (exact) mass is 223 g/mol. The van der Waals surface area contributed by atoms with Crippen LogP contribution < -0.4 is 0 Å². The average molecular weight is 223 g/mol. The van der Waals surface area contributed by atoms with Gasteiger partial charge in [-0.2, -0.15) is 4.98 Å². The molecular weight excluding hydrogens is 206 g/mol. The fraction of sp³-hybridized carbons (Fsp3) is 0.727. The van der Waals surface area contributed by atoms with Crippen molar-refractivity contribution in [1.29, 1.82) is 0 Å². The molecule has 0 N–H and O–H groups in total. The highest BCUT2D eigenvalue weighted by atomic mass is 16.5. The summed E-state index contributed by atoms with van der Waals surface area (Å²) >= 11 is 0. The summed E-state index contributed by atoms with van der Waals surface area (Å²) < 4.78 is 5.16. The minimum atomic E-state index is 0.236. The van der Waals surface area contributed by atoms with E-state index in [0.29, 0.717) is 18.2 Å². The molecule has 5 heteroatoms. The van der Waals surface area contributed by atoms with Crippen LogP contribution in [0.25, 0.3) is 0 Å². The first-order chi connectivity index (χ1) is 7.70. The van der Waals surface area contributed by atoms with Crippen molar-refractivity contribution in [1.82, 2.24) is 15.0 Å². The summed E-state index contributed by atoms with van der Waals surface area (Å²) in [7, 11) is 0. The van der Waals surface area contributed by atoms with Crippen LogP contribution in [0.2, 0.25) is 0 Å². The molecule has 1 aliphatic heterocycles. The molecule has 1 saturated heterocycles. The molecule has 0 bridgehead atoms. The van der Waals surface area contributed by atoms with E-state index >= 15 is 0 Å². The van der Waals surface area contributed by atoms with E-state index in [-0.39, 0.29) is 5.91 Å². The number of aryl methyl sites for hydroxylation is 1. The van der Waals surface area contributed by atoms with Crippen LogP contribution in [0.1, 0.15) is 43.8 Å². The zero-order chi connectivity index (χ0) is 11.5. The molecule has 2 rings (SSSR count). The van der Waals surface area contributed by atoms with Gasteiger partial charge in [-0.25, -0.2) is 0 Å². The van der Waals surface area contributed by atoms with Crippen molar-refractivity contribution in [2.45, 2.75) is 39.0 Å². The van der Waals surface area contributed by atoms with Gasteiger partial charge in [-0.1, -0.05) is 12.1 Å². The number of amides is 1. The molecule has 5 nitrogen and oxygen atoms in total. The van der Waals surface area contributed by atoms with Crippen LogP contribution in [0.4, 0.5) is 0 Å². The van der Waals surface area contributed by atoms with E-state index in [1.54, 1.807) is 0 Å². The third kappa shape index (κ3) is 2.23. The summed E-state index contributed by atoms with van der Waals surface area (Å²) in [5, 5.41) is 3.80. The van der Waals surface area contributed by atoms with Crippen molar-refractivity contribution in [3.05, 3.63) is 11.7 Å². The minimum Gasteiger partial charge on any atom is -0.343 e. The minimum absolute atomic E-state index is 0.236. The van der Waals surface area contributed by atoms with Gasteiger partial charge in [0.2, 0.25) is 11.8 Å². The second-order valence-corrected chi connectivity index (χ2v) is 4.19. The number of aromatic nitrogens is 2. The van der Waals surface area contributed by atoms with Crippen molar-refractivity contribution in [3.63, 3.8) is 0 Å². The maximum Gasteiger partial charge on any atom is 0.229 e.